The van der Waals surface area contributed by atoms with Crippen LogP contribution in [0.2, 0.25) is 0 Å². The van der Waals surface area contributed by atoms with Crippen LogP contribution in [0.4, 0.5) is 5.69 Å². The maximum Gasteiger partial charge on any atom is 0.253 e. The van der Waals surface area contributed by atoms with Gasteiger partial charge in [-0.2, -0.15) is 0 Å². The summed E-state index contributed by atoms with van der Waals surface area (Å²) in [5, 5.41) is 0. The first-order valence-corrected chi connectivity index (χ1v) is 5.42. The van der Waals surface area contributed by atoms with Gasteiger partial charge in [-0.15, -0.1) is 0 Å². The Bertz CT molecular complexity index is 436. The van der Waals surface area contributed by atoms with Crippen LogP contribution in [-0.2, 0) is 5.41 Å². The molecule has 1 heterocycles. The largest absolute Gasteiger partial charge is 0.399 e. The average Bonchev–Trinajstić information content (AvgIpc) is 2.84. The lowest BCUT2D eigenvalue weighted by Gasteiger charge is -2.24. The van der Waals surface area contributed by atoms with E-state index in [2.05, 4.69) is 20.8 Å². The number of hydrogen-bond donors (Lipinski definition) is 1. The standard InChI is InChI=1S/C12H18N2O/c1-12(2,3)10-6-8(13)7-11(15)14(10)9-4-5-9/h6-7,9H,4-5,13H2,1-3H3. The molecule has 1 fully saturated rings. The minimum Gasteiger partial charge on any atom is -0.399 e. The van der Waals surface area contributed by atoms with Crippen molar-refractivity contribution < 1.29 is 0 Å². The van der Waals surface area contributed by atoms with E-state index in [1.54, 1.807) is 0 Å². The Morgan fingerprint density at radius 1 is 1.33 bits per heavy atom. The fourth-order valence-electron chi connectivity index (χ4n) is 1.89. The highest BCUT2D eigenvalue weighted by molar-refractivity contribution is 5.40. The molecular formula is C12H18N2O. The van der Waals surface area contributed by atoms with Crippen molar-refractivity contribution in [3.63, 3.8) is 0 Å². The number of anilines is 1. The first-order chi connectivity index (χ1) is 6.89. The number of nitrogens with zero attached hydrogens (tertiary/aromatic N) is 1. The molecule has 0 aromatic carbocycles. The summed E-state index contributed by atoms with van der Waals surface area (Å²) in [5.41, 5.74) is 7.37. The second-order valence-corrected chi connectivity index (χ2v) is 5.36. The maximum absolute atomic E-state index is 11.9. The number of aromatic nitrogens is 1. The average molecular weight is 206 g/mol. The van der Waals surface area contributed by atoms with Crippen molar-refractivity contribution >= 4 is 5.69 Å². The number of hydrogen-bond acceptors (Lipinski definition) is 2. The van der Waals surface area contributed by atoms with E-state index < -0.39 is 0 Å². The second-order valence-electron chi connectivity index (χ2n) is 5.36. The molecule has 0 aliphatic heterocycles. The zero-order valence-electron chi connectivity index (χ0n) is 9.58. The molecule has 3 heteroatoms. The first-order valence-electron chi connectivity index (χ1n) is 5.42. The van der Waals surface area contributed by atoms with Crippen LogP contribution >= 0.6 is 0 Å². The van der Waals surface area contributed by atoms with E-state index in [1.165, 1.54) is 6.07 Å². The highest BCUT2D eigenvalue weighted by atomic mass is 16.1. The molecule has 0 atom stereocenters. The third-order valence-corrected chi connectivity index (χ3v) is 2.77. The highest BCUT2D eigenvalue weighted by Gasteiger charge is 2.30. The lowest BCUT2D eigenvalue weighted by Crippen LogP contribution is -2.29. The summed E-state index contributed by atoms with van der Waals surface area (Å²) in [6.07, 6.45) is 2.24. The molecule has 1 aromatic heterocycles. The molecule has 0 saturated heterocycles. The summed E-state index contributed by atoms with van der Waals surface area (Å²) in [6, 6.07) is 3.86. The van der Waals surface area contributed by atoms with Gasteiger partial charge in [0, 0.05) is 28.9 Å². The van der Waals surface area contributed by atoms with Crippen LogP contribution in [-0.4, -0.2) is 4.57 Å². The lowest BCUT2D eigenvalue weighted by atomic mass is 9.90. The van der Waals surface area contributed by atoms with E-state index in [1.807, 2.05) is 10.6 Å². The van der Waals surface area contributed by atoms with Gasteiger partial charge in [-0.05, 0) is 18.9 Å². The van der Waals surface area contributed by atoms with Crippen molar-refractivity contribution in [3.8, 4) is 0 Å². The summed E-state index contributed by atoms with van der Waals surface area (Å²) >= 11 is 0. The van der Waals surface area contributed by atoms with Gasteiger partial charge in [-0.3, -0.25) is 4.79 Å². The van der Waals surface area contributed by atoms with Crippen LogP contribution in [0.25, 0.3) is 0 Å². The molecule has 0 radical (unpaired) electrons. The van der Waals surface area contributed by atoms with Crippen molar-refractivity contribution in [1.29, 1.82) is 0 Å². The Morgan fingerprint density at radius 3 is 2.40 bits per heavy atom. The molecule has 2 N–H and O–H groups in total. The lowest BCUT2D eigenvalue weighted by molar-refractivity contribution is 0.506. The summed E-state index contributed by atoms with van der Waals surface area (Å²) in [5.74, 6) is 0. The van der Waals surface area contributed by atoms with Crippen molar-refractivity contribution in [2.75, 3.05) is 5.73 Å². The van der Waals surface area contributed by atoms with Crippen LogP contribution in [0.15, 0.2) is 16.9 Å². The van der Waals surface area contributed by atoms with E-state index in [0.29, 0.717) is 11.7 Å². The summed E-state index contributed by atoms with van der Waals surface area (Å²) in [4.78, 5) is 11.9. The first kappa shape index (κ1) is 10.3. The topological polar surface area (TPSA) is 48.0 Å². The molecule has 2 rings (SSSR count). The van der Waals surface area contributed by atoms with Gasteiger partial charge >= 0.3 is 0 Å². The quantitative estimate of drug-likeness (QED) is 0.764. The molecule has 0 spiro atoms. The van der Waals surface area contributed by atoms with Gasteiger partial charge in [0.15, 0.2) is 0 Å². The minimum atomic E-state index is -0.0306. The van der Waals surface area contributed by atoms with Crippen LogP contribution < -0.4 is 11.3 Å². The predicted octanol–water partition coefficient (Wildman–Crippen LogP) is 2.06. The smallest absolute Gasteiger partial charge is 0.253 e. The number of nitrogens with two attached hydrogens (primary N) is 1. The van der Waals surface area contributed by atoms with E-state index in [9.17, 15) is 4.79 Å². The van der Waals surface area contributed by atoms with Crippen molar-refractivity contribution in [1.82, 2.24) is 4.57 Å². The number of rotatable bonds is 1. The van der Waals surface area contributed by atoms with E-state index >= 15 is 0 Å². The monoisotopic (exact) mass is 206 g/mol. The predicted molar refractivity (Wildman–Crippen MR) is 62.1 cm³/mol. The number of pyridine rings is 1. The molecule has 0 bridgehead atoms. The molecule has 1 aliphatic rings. The maximum atomic E-state index is 11.9. The fraction of sp³-hybridized carbons (Fsp3) is 0.583. The Kier molecular flexibility index (Phi) is 2.14. The molecule has 3 nitrogen and oxygen atoms in total. The SMILES string of the molecule is CC(C)(C)c1cc(N)cc(=O)n1C1CC1. The molecule has 1 saturated carbocycles. The Labute approximate surface area is 89.9 Å². The second kappa shape index (κ2) is 3.12. The van der Waals surface area contributed by atoms with Gasteiger partial charge in [-0.25, -0.2) is 0 Å². The fourth-order valence-corrected chi connectivity index (χ4v) is 1.89. The van der Waals surface area contributed by atoms with Gasteiger partial charge in [0.1, 0.15) is 0 Å². The zero-order chi connectivity index (χ0) is 11.2. The van der Waals surface area contributed by atoms with Crippen LogP contribution in [0, 0.1) is 0 Å². The summed E-state index contributed by atoms with van der Waals surface area (Å²) < 4.78 is 1.91. The summed E-state index contributed by atoms with van der Waals surface area (Å²) in [6.45, 7) is 6.33. The molecule has 0 unspecified atom stereocenters. The molecule has 1 aliphatic carbocycles. The Hall–Kier alpha value is -1.25. The van der Waals surface area contributed by atoms with Gasteiger partial charge in [-0.1, -0.05) is 20.8 Å². The van der Waals surface area contributed by atoms with E-state index in [0.717, 1.165) is 18.5 Å². The molecular weight excluding hydrogens is 188 g/mol. The number of nitrogen functional groups attached to an aromatic ring is 1. The minimum absolute atomic E-state index is 0.0306. The normalized spacial score (nSPS) is 16.7. The van der Waals surface area contributed by atoms with Crippen molar-refractivity contribution in [3.05, 3.63) is 28.2 Å². The van der Waals surface area contributed by atoms with Gasteiger partial charge in [0.25, 0.3) is 5.56 Å². The zero-order valence-corrected chi connectivity index (χ0v) is 9.58. The molecule has 1 aromatic rings. The third kappa shape index (κ3) is 1.91. The summed E-state index contributed by atoms with van der Waals surface area (Å²) in [7, 11) is 0. The third-order valence-electron chi connectivity index (χ3n) is 2.77. The van der Waals surface area contributed by atoms with Crippen LogP contribution in [0.5, 0.6) is 0 Å². The molecule has 0 amide bonds. The van der Waals surface area contributed by atoms with Crippen LogP contribution in [0.3, 0.4) is 0 Å². The van der Waals surface area contributed by atoms with E-state index in [4.69, 9.17) is 5.73 Å². The highest BCUT2D eigenvalue weighted by Crippen LogP contribution is 2.37. The van der Waals surface area contributed by atoms with Gasteiger partial charge in [0.2, 0.25) is 0 Å². The Balaban J connectivity index is 2.64. The van der Waals surface area contributed by atoms with Gasteiger partial charge < -0.3 is 10.3 Å². The van der Waals surface area contributed by atoms with E-state index in [-0.39, 0.29) is 11.0 Å². The molecule has 15 heavy (non-hydrogen) atoms. The van der Waals surface area contributed by atoms with Crippen LogP contribution in [0.1, 0.15) is 45.3 Å². The van der Waals surface area contributed by atoms with Gasteiger partial charge in [0.05, 0.1) is 0 Å². The Morgan fingerprint density at radius 2 is 1.93 bits per heavy atom. The molecule has 82 valence electrons. The van der Waals surface area contributed by atoms with Crippen molar-refractivity contribution in [2.24, 2.45) is 0 Å². The van der Waals surface area contributed by atoms with Crippen molar-refractivity contribution in [2.45, 2.75) is 45.1 Å².